The summed E-state index contributed by atoms with van der Waals surface area (Å²) in [7, 11) is 0. The molecule has 80 valence electrons. The molecule has 0 saturated carbocycles. The van der Waals surface area contributed by atoms with Crippen LogP contribution in [0.5, 0.6) is 0 Å². The third-order valence-electron chi connectivity index (χ3n) is 2.89. The molecule has 1 amide bonds. The van der Waals surface area contributed by atoms with Crippen LogP contribution in [0.1, 0.15) is 19.3 Å². The predicted octanol–water partition coefficient (Wildman–Crippen LogP) is -0.0127. The summed E-state index contributed by atoms with van der Waals surface area (Å²) in [5, 5.41) is 3.20. The van der Waals surface area contributed by atoms with E-state index in [2.05, 4.69) is 5.32 Å². The quantitative estimate of drug-likeness (QED) is 0.693. The second-order valence-corrected chi connectivity index (χ2v) is 4.06. The van der Waals surface area contributed by atoms with Crippen molar-refractivity contribution < 1.29 is 9.53 Å². The number of nitrogens with zero attached hydrogens (tertiary/aromatic N) is 1. The van der Waals surface area contributed by atoms with Crippen molar-refractivity contribution in [3.05, 3.63) is 0 Å². The highest BCUT2D eigenvalue weighted by atomic mass is 16.5. The van der Waals surface area contributed by atoms with E-state index in [-0.39, 0.29) is 5.91 Å². The van der Waals surface area contributed by atoms with Crippen LogP contribution in [0.15, 0.2) is 0 Å². The van der Waals surface area contributed by atoms with Crippen molar-refractivity contribution in [1.82, 2.24) is 10.2 Å². The predicted molar refractivity (Wildman–Crippen MR) is 53.0 cm³/mol. The van der Waals surface area contributed by atoms with E-state index in [1.807, 2.05) is 4.90 Å². The Labute approximate surface area is 84.6 Å². The maximum atomic E-state index is 11.7. The topological polar surface area (TPSA) is 41.6 Å². The smallest absolute Gasteiger partial charge is 0.236 e. The van der Waals surface area contributed by atoms with Gasteiger partial charge < -0.3 is 15.0 Å². The number of rotatable bonds is 3. The van der Waals surface area contributed by atoms with Crippen molar-refractivity contribution in [2.24, 2.45) is 0 Å². The van der Waals surface area contributed by atoms with Crippen LogP contribution < -0.4 is 5.32 Å². The van der Waals surface area contributed by atoms with Crippen LogP contribution in [0.4, 0.5) is 0 Å². The number of piperidine rings is 1. The summed E-state index contributed by atoms with van der Waals surface area (Å²) < 4.78 is 5.03. The Morgan fingerprint density at radius 3 is 2.57 bits per heavy atom. The average Bonchev–Trinajstić information content (AvgIpc) is 2.16. The highest BCUT2D eigenvalue weighted by Crippen LogP contribution is 2.08. The molecule has 0 radical (unpaired) electrons. The van der Waals surface area contributed by atoms with Gasteiger partial charge in [0.15, 0.2) is 0 Å². The number of hydrogen-bond donors (Lipinski definition) is 1. The number of amides is 1. The van der Waals surface area contributed by atoms with Gasteiger partial charge in [0.2, 0.25) is 5.91 Å². The van der Waals surface area contributed by atoms with Gasteiger partial charge in [-0.1, -0.05) is 0 Å². The van der Waals surface area contributed by atoms with E-state index in [0.29, 0.717) is 12.6 Å². The van der Waals surface area contributed by atoms with E-state index >= 15 is 0 Å². The molecule has 0 atom stereocenters. The monoisotopic (exact) mass is 198 g/mol. The van der Waals surface area contributed by atoms with Crippen LogP contribution in [-0.4, -0.2) is 49.7 Å². The number of hydrogen-bond acceptors (Lipinski definition) is 3. The van der Waals surface area contributed by atoms with E-state index in [9.17, 15) is 4.79 Å². The number of carbonyl (C=O) groups is 1. The van der Waals surface area contributed by atoms with Gasteiger partial charge in [0.1, 0.15) is 0 Å². The normalized spacial score (nSPS) is 23.3. The summed E-state index contributed by atoms with van der Waals surface area (Å²) in [4.78, 5) is 13.6. The first-order valence-corrected chi connectivity index (χ1v) is 5.45. The number of likely N-dealkylation sites (tertiary alicyclic amines) is 1. The summed E-state index contributed by atoms with van der Waals surface area (Å²) in [5.41, 5.74) is 0. The van der Waals surface area contributed by atoms with E-state index < -0.39 is 0 Å². The maximum absolute atomic E-state index is 11.7. The van der Waals surface area contributed by atoms with Crippen molar-refractivity contribution >= 4 is 5.91 Å². The lowest BCUT2D eigenvalue weighted by molar-refractivity contribution is -0.131. The van der Waals surface area contributed by atoms with Gasteiger partial charge in [-0.2, -0.15) is 0 Å². The van der Waals surface area contributed by atoms with Gasteiger partial charge in [0, 0.05) is 13.1 Å². The number of carbonyl (C=O) groups excluding carboxylic acids is 1. The van der Waals surface area contributed by atoms with Crippen LogP contribution in [0.25, 0.3) is 0 Å². The fraction of sp³-hybridized carbons (Fsp3) is 0.900. The molecule has 0 bridgehead atoms. The molecule has 0 aromatic rings. The molecule has 14 heavy (non-hydrogen) atoms. The van der Waals surface area contributed by atoms with E-state index in [1.54, 1.807) is 0 Å². The van der Waals surface area contributed by atoms with Gasteiger partial charge in [0.05, 0.1) is 25.8 Å². The molecule has 2 rings (SSSR count). The van der Waals surface area contributed by atoms with Crippen LogP contribution in [0.2, 0.25) is 0 Å². The number of ether oxygens (including phenoxy) is 1. The van der Waals surface area contributed by atoms with Crippen LogP contribution in [0.3, 0.4) is 0 Å². The summed E-state index contributed by atoms with van der Waals surface area (Å²) >= 11 is 0. The zero-order chi connectivity index (χ0) is 9.80. The minimum atomic E-state index is 0.247. The molecule has 2 aliphatic rings. The lowest BCUT2D eigenvalue weighted by Crippen LogP contribution is -2.50. The molecular formula is C10H18N2O2. The Morgan fingerprint density at radius 2 is 2.00 bits per heavy atom. The first-order valence-electron chi connectivity index (χ1n) is 5.45. The Bertz CT molecular complexity index is 198. The SMILES string of the molecule is O=C(CNC1COC1)N1CCCCC1. The average molecular weight is 198 g/mol. The van der Waals surface area contributed by atoms with Crippen molar-refractivity contribution in [2.75, 3.05) is 32.8 Å². The Kier molecular flexibility index (Phi) is 3.37. The molecular weight excluding hydrogens is 180 g/mol. The largest absolute Gasteiger partial charge is 0.378 e. The standard InChI is InChI=1S/C10H18N2O2/c13-10(6-11-9-7-14-8-9)12-4-2-1-3-5-12/h9,11H,1-8H2. The molecule has 1 N–H and O–H groups in total. The highest BCUT2D eigenvalue weighted by Gasteiger charge is 2.21. The van der Waals surface area contributed by atoms with E-state index in [0.717, 1.165) is 39.1 Å². The third kappa shape index (κ3) is 2.45. The molecule has 2 fully saturated rings. The second-order valence-electron chi connectivity index (χ2n) is 4.06. The van der Waals surface area contributed by atoms with E-state index in [4.69, 9.17) is 4.74 Å². The van der Waals surface area contributed by atoms with E-state index in [1.165, 1.54) is 6.42 Å². The first kappa shape index (κ1) is 9.93. The molecule has 4 nitrogen and oxygen atoms in total. The van der Waals surface area contributed by atoms with Gasteiger partial charge in [-0.3, -0.25) is 4.79 Å². The second kappa shape index (κ2) is 4.75. The molecule has 0 unspecified atom stereocenters. The Hall–Kier alpha value is -0.610. The Morgan fingerprint density at radius 1 is 1.29 bits per heavy atom. The molecule has 0 aliphatic carbocycles. The maximum Gasteiger partial charge on any atom is 0.236 e. The van der Waals surface area contributed by atoms with Gasteiger partial charge in [-0.05, 0) is 19.3 Å². The molecule has 0 aromatic carbocycles. The van der Waals surface area contributed by atoms with Crippen molar-refractivity contribution in [1.29, 1.82) is 0 Å². The molecule has 4 heteroatoms. The third-order valence-corrected chi connectivity index (χ3v) is 2.89. The van der Waals surface area contributed by atoms with Crippen LogP contribution in [0, 0.1) is 0 Å². The van der Waals surface area contributed by atoms with Crippen molar-refractivity contribution in [2.45, 2.75) is 25.3 Å². The molecule has 0 spiro atoms. The Balaban J connectivity index is 1.65. The van der Waals surface area contributed by atoms with Gasteiger partial charge in [0.25, 0.3) is 0 Å². The molecule has 0 aromatic heterocycles. The minimum Gasteiger partial charge on any atom is -0.378 e. The summed E-state index contributed by atoms with van der Waals surface area (Å²) in [6, 6.07) is 0.406. The lowest BCUT2D eigenvalue weighted by Gasteiger charge is -2.30. The van der Waals surface area contributed by atoms with Crippen molar-refractivity contribution in [3.8, 4) is 0 Å². The molecule has 2 aliphatic heterocycles. The molecule has 2 heterocycles. The number of nitrogens with one attached hydrogen (secondary N) is 1. The lowest BCUT2D eigenvalue weighted by atomic mass is 10.1. The first-order chi connectivity index (χ1) is 6.86. The van der Waals surface area contributed by atoms with Crippen LogP contribution >= 0.6 is 0 Å². The zero-order valence-electron chi connectivity index (χ0n) is 8.50. The molecule has 2 saturated heterocycles. The fourth-order valence-corrected chi connectivity index (χ4v) is 1.84. The van der Waals surface area contributed by atoms with Gasteiger partial charge in [-0.25, -0.2) is 0 Å². The minimum absolute atomic E-state index is 0.247. The van der Waals surface area contributed by atoms with Gasteiger partial charge >= 0.3 is 0 Å². The fourth-order valence-electron chi connectivity index (χ4n) is 1.84. The van der Waals surface area contributed by atoms with Gasteiger partial charge in [-0.15, -0.1) is 0 Å². The summed E-state index contributed by atoms with van der Waals surface area (Å²) in [6.45, 7) is 3.89. The zero-order valence-corrected chi connectivity index (χ0v) is 8.50. The van der Waals surface area contributed by atoms with Crippen molar-refractivity contribution in [3.63, 3.8) is 0 Å². The highest BCUT2D eigenvalue weighted by molar-refractivity contribution is 5.78. The summed E-state index contributed by atoms with van der Waals surface area (Å²) in [6.07, 6.45) is 3.60. The van der Waals surface area contributed by atoms with Crippen LogP contribution in [-0.2, 0) is 9.53 Å². The summed E-state index contributed by atoms with van der Waals surface area (Å²) in [5.74, 6) is 0.247.